The lowest BCUT2D eigenvalue weighted by Crippen LogP contribution is -2.59. The van der Waals surface area contributed by atoms with Crippen LogP contribution in [0.5, 0.6) is 0 Å². The molecule has 1 atom stereocenters. The molecule has 16 heavy (non-hydrogen) atoms. The van der Waals surface area contributed by atoms with Crippen molar-refractivity contribution in [3.63, 3.8) is 0 Å². The highest BCUT2D eigenvalue weighted by Gasteiger charge is 2.43. The van der Waals surface area contributed by atoms with Crippen LogP contribution >= 0.6 is 0 Å². The third-order valence-corrected chi connectivity index (χ3v) is 4.17. The molecule has 0 saturated carbocycles. The van der Waals surface area contributed by atoms with Crippen LogP contribution in [0.15, 0.2) is 0 Å². The maximum atomic E-state index is 9.78. The Morgan fingerprint density at radius 1 is 1.25 bits per heavy atom. The van der Waals surface area contributed by atoms with Gasteiger partial charge < -0.3 is 10.4 Å². The van der Waals surface area contributed by atoms with Crippen molar-refractivity contribution in [1.82, 2.24) is 15.1 Å². The van der Waals surface area contributed by atoms with Gasteiger partial charge in [0.2, 0.25) is 0 Å². The molecule has 2 heterocycles. The fourth-order valence-electron chi connectivity index (χ4n) is 2.95. The van der Waals surface area contributed by atoms with E-state index in [1.165, 1.54) is 0 Å². The topological polar surface area (TPSA) is 38.7 Å². The Morgan fingerprint density at radius 2 is 1.94 bits per heavy atom. The van der Waals surface area contributed by atoms with Crippen molar-refractivity contribution < 1.29 is 5.11 Å². The van der Waals surface area contributed by atoms with E-state index in [9.17, 15) is 5.11 Å². The maximum absolute atomic E-state index is 9.78. The van der Waals surface area contributed by atoms with Crippen molar-refractivity contribution >= 4 is 0 Å². The summed E-state index contributed by atoms with van der Waals surface area (Å²) in [5.41, 5.74) is 0.0341. The Hall–Kier alpha value is -0.160. The minimum atomic E-state index is 0.0341. The van der Waals surface area contributed by atoms with Crippen molar-refractivity contribution in [3.8, 4) is 0 Å². The summed E-state index contributed by atoms with van der Waals surface area (Å²) in [5, 5.41) is 13.2. The zero-order chi connectivity index (χ0) is 11.6. The molecule has 4 nitrogen and oxygen atoms in total. The summed E-state index contributed by atoms with van der Waals surface area (Å²) >= 11 is 0. The number of rotatable bonds is 3. The van der Waals surface area contributed by atoms with Gasteiger partial charge in [-0.3, -0.25) is 9.80 Å². The number of nitrogens with one attached hydrogen (secondary N) is 1. The van der Waals surface area contributed by atoms with E-state index >= 15 is 0 Å². The molecule has 2 aliphatic heterocycles. The summed E-state index contributed by atoms with van der Waals surface area (Å²) in [6, 6.07) is 0.594. The Labute approximate surface area is 98.6 Å². The normalized spacial score (nSPS) is 33.8. The van der Waals surface area contributed by atoms with Crippen LogP contribution in [0.25, 0.3) is 0 Å². The predicted octanol–water partition coefficient (Wildman–Crippen LogP) is -0.263. The number of hydrogen-bond acceptors (Lipinski definition) is 4. The number of nitrogens with zero attached hydrogens (tertiary/aromatic N) is 2. The van der Waals surface area contributed by atoms with Gasteiger partial charge in [0.25, 0.3) is 0 Å². The zero-order valence-electron chi connectivity index (χ0n) is 10.6. The predicted molar refractivity (Wildman–Crippen MR) is 65.6 cm³/mol. The fraction of sp³-hybridized carbons (Fsp3) is 1.00. The molecular formula is C12H25N3O. The summed E-state index contributed by atoms with van der Waals surface area (Å²) in [6.07, 6.45) is 1.11. The molecule has 2 rings (SSSR count). The lowest BCUT2D eigenvalue weighted by Gasteiger charge is -2.42. The molecule has 0 aromatic heterocycles. The fourth-order valence-corrected chi connectivity index (χ4v) is 2.95. The second-order valence-corrected chi connectivity index (χ2v) is 5.43. The minimum absolute atomic E-state index is 0.0341. The lowest BCUT2D eigenvalue weighted by molar-refractivity contribution is 0.0246. The summed E-state index contributed by atoms with van der Waals surface area (Å²) in [4.78, 5) is 4.98. The Morgan fingerprint density at radius 3 is 2.44 bits per heavy atom. The first kappa shape index (κ1) is 12.3. The van der Waals surface area contributed by atoms with Gasteiger partial charge in [-0.15, -0.1) is 0 Å². The van der Waals surface area contributed by atoms with Crippen LogP contribution in [0, 0.1) is 0 Å². The molecule has 0 aromatic rings. The largest absolute Gasteiger partial charge is 0.394 e. The Balaban J connectivity index is 2.02. The van der Waals surface area contributed by atoms with E-state index in [-0.39, 0.29) is 5.54 Å². The quantitative estimate of drug-likeness (QED) is 0.697. The van der Waals surface area contributed by atoms with Crippen molar-refractivity contribution in [3.05, 3.63) is 0 Å². The van der Waals surface area contributed by atoms with E-state index in [1.54, 1.807) is 0 Å². The molecule has 2 saturated heterocycles. The average Bonchev–Trinajstić information content (AvgIpc) is 2.76. The van der Waals surface area contributed by atoms with Gasteiger partial charge in [0, 0.05) is 45.3 Å². The molecule has 94 valence electrons. The molecule has 1 unspecified atom stereocenters. The van der Waals surface area contributed by atoms with Crippen molar-refractivity contribution in [2.24, 2.45) is 0 Å². The first-order valence-electron chi connectivity index (χ1n) is 6.49. The van der Waals surface area contributed by atoms with Crippen LogP contribution in [0.2, 0.25) is 0 Å². The molecule has 2 fully saturated rings. The number of likely N-dealkylation sites (tertiary alicyclic amines) is 1. The van der Waals surface area contributed by atoms with E-state index in [4.69, 9.17) is 0 Å². The summed E-state index contributed by atoms with van der Waals surface area (Å²) in [7, 11) is 0. The van der Waals surface area contributed by atoms with Gasteiger partial charge in [-0.2, -0.15) is 0 Å². The van der Waals surface area contributed by atoms with Gasteiger partial charge >= 0.3 is 0 Å². The van der Waals surface area contributed by atoms with Crippen molar-refractivity contribution in [1.29, 1.82) is 0 Å². The Bertz CT molecular complexity index is 228. The molecule has 0 aliphatic carbocycles. The monoisotopic (exact) mass is 227 g/mol. The second-order valence-electron chi connectivity index (χ2n) is 5.43. The highest BCUT2D eigenvalue weighted by molar-refractivity contribution is 5.00. The summed E-state index contributed by atoms with van der Waals surface area (Å²) in [5.74, 6) is 0. The first-order chi connectivity index (χ1) is 7.68. The molecule has 0 spiro atoms. The highest BCUT2D eigenvalue weighted by atomic mass is 16.3. The smallest absolute Gasteiger partial charge is 0.0628 e. The molecule has 2 N–H and O–H groups in total. The maximum Gasteiger partial charge on any atom is 0.0628 e. The van der Waals surface area contributed by atoms with Crippen LogP contribution < -0.4 is 5.32 Å². The molecule has 0 radical (unpaired) electrons. The standard InChI is InChI=1S/C12H25N3O/c1-11(2)14-6-3-12(9-14,10-16)15-7-4-13-5-8-15/h11,13,16H,3-10H2,1-2H3. The molecular weight excluding hydrogens is 202 g/mol. The summed E-state index contributed by atoms with van der Waals surface area (Å²) in [6.45, 7) is 11.2. The number of aliphatic hydroxyl groups is 1. The van der Waals surface area contributed by atoms with Gasteiger partial charge in [-0.1, -0.05) is 0 Å². The Kier molecular flexibility index (Phi) is 3.85. The molecule has 0 aromatic carbocycles. The van der Waals surface area contributed by atoms with E-state index in [0.717, 1.165) is 45.7 Å². The van der Waals surface area contributed by atoms with Crippen LogP contribution in [-0.2, 0) is 0 Å². The molecule has 0 amide bonds. The molecule has 2 aliphatic rings. The SMILES string of the molecule is CC(C)N1CCC(CO)(N2CCNCC2)C1. The van der Waals surface area contributed by atoms with E-state index in [1.807, 2.05) is 0 Å². The van der Waals surface area contributed by atoms with Crippen LogP contribution in [0.4, 0.5) is 0 Å². The van der Waals surface area contributed by atoms with Gasteiger partial charge in [0.1, 0.15) is 0 Å². The van der Waals surface area contributed by atoms with E-state index in [2.05, 4.69) is 29.0 Å². The highest BCUT2D eigenvalue weighted by Crippen LogP contribution is 2.29. The number of aliphatic hydroxyl groups excluding tert-OH is 1. The van der Waals surface area contributed by atoms with E-state index in [0.29, 0.717) is 12.6 Å². The van der Waals surface area contributed by atoms with Gasteiger partial charge in [0.15, 0.2) is 0 Å². The zero-order valence-corrected chi connectivity index (χ0v) is 10.6. The van der Waals surface area contributed by atoms with E-state index < -0.39 is 0 Å². The van der Waals surface area contributed by atoms with Crippen LogP contribution in [0.3, 0.4) is 0 Å². The second kappa shape index (κ2) is 5.00. The third kappa shape index (κ3) is 2.25. The summed E-state index contributed by atoms with van der Waals surface area (Å²) < 4.78 is 0. The van der Waals surface area contributed by atoms with Gasteiger partial charge in [-0.05, 0) is 20.3 Å². The van der Waals surface area contributed by atoms with Crippen LogP contribution in [0.1, 0.15) is 20.3 Å². The first-order valence-corrected chi connectivity index (χ1v) is 6.49. The molecule has 4 heteroatoms. The third-order valence-electron chi connectivity index (χ3n) is 4.17. The lowest BCUT2D eigenvalue weighted by atomic mass is 9.96. The number of hydrogen-bond donors (Lipinski definition) is 2. The molecule has 0 bridgehead atoms. The minimum Gasteiger partial charge on any atom is -0.394 e. The van der Waals surface area contributed by atoms with Crippen molar-refractivity contribution in [2.75, 3.05) is 45.9 Å². The number of piperazine rings is 1. The average molecular weight is 227 g/mol. The van der Waals surface area contributed by atoms with Gasteiger partial charge in [0.05, 0.1) is 12.1 Å². The van der Waals surface area contributed by atoms with Crippen LogP contribution in [-0.4, -0.2) is 72.4 Å². The van der Waals surface area contributed by atoms with Crippen molar-refractivity contribution in [2.45, 2.75) is 31.8 Å². The van der Waals surface area contributed by atoms with Gasteiger partial charge in [-0.25, -0.2) is 0 Å².